The van der Waals surface area contributed by atoms with Gasteiger partial charge in [-0.2, -0.15) is 18.2 Å². The second kappa shape index (κ2) is 13.1. The number of anilines is 2. The third-order valence-electron chi connectivity index (χ3n) is 8.15. The van der Waals surface area contributed by atoms with Gasteiger partial charge in [-0.15, -0.1) is 0 Å². The van der Waals surface area contributed by atoms with Crippen LogP contribution in [0.3, 0.4) is 0 Å². The molecule has 8 nitrogen and oxygen atoms in total. The summed E-state index contributed by atoms with van der Waals surface area (Å²) in [4.78, 5) is 39.1. The zero-order valence-electron chi connectivity index (χ0n) is 24.1. The Labute approximate surface area is 247 Å². The summed E-state index contributed by atoms with van der Waals surface area (Å²) in [6.07, 6.45) is 0.148. The smallest absolute Gasteiger partial charge is 0.420 e. The maximum Gasteiger partial charge on any atom is 0.437 e. The molecule has 0 saturated carbocycles. The predicted molar refractivity (Wildman–Crippen MR) is 153 cm³/mol. The molecule has 2 aliphatic heterocycles. The van der Waals surface area contributed by atoms with E-state index in [1.54, 1.807) is 40.1 Å². The van der Waals surface area contributed by atoms with Crippen molar-refractivity contribution in [2.75, 3.05) is 49.1 Å². The summed E-state index contributed by atoms with van der Waals surface area (Å²) in [6, 6.07) is 9.41. The number of ketones is 1. The van der Waals surface area contributed by atoms with Crippen LogP contribution >= 0.6 is 0 Å². The standard InChI is InChI=1S/C31H35F4N5O3/c1-2-5-21-10-12-40(13-11-21)30-37-29(31(33,34)35)28(43-30)25(41)18-22-8-9-26(36-20-22)38-14-16-39(17-15-38)27(42)19-23-6-3-4-7-24(23)32/h3-4,6-9,20-21H,2,5,10-19H2,1H3. The molecule has 0 bridgehead atoms. The number of carbonyl (C=O) groups excluding carboxylic acids is 2. The first-order valence-corrected chi connectivity index (χ1v) is 14.7. The van der Waals surface area contributed by atoms with Crippen molar-refractivity contribution in [3.63, 3.8) is 0 Å². The van der Waals surface area contributed by atoms with Gasteiger partial charge in [0.05, 0.1) is 6.42 Å². The number of Topliss-reactive ketones (excluding diaryl/α,β-unsaturated/α-hetero) is 1. The summed E-state index contributed by atoms with van der Waals surface area (Å²) < 4.78 is 60.8. The van der Waals surface area contributed by atoms with Crippen molar-refractivity contribution in [3.05, 3.63) is 71.0 Å². The second-order valence-electron chi connectivity index (χ2n) is 11.2. The van der Waals surface area contributed by atoms with Crippen LogP contribution in [0.2, 0.25) is 0 Å². The van der Waals surface area contributed by atoms with E-state index in [1.165, 1.54) is 12.3 Å². The van der Waals surface area contributed by atoms with E-state index in [9.17, 15) is 27.2 Å². The number of aromatic nitrogens is 2. The molecule has 2 saturated heterocycles. The molecule has 1 aromatic carbocycles. The average Bonchev–Trinajstić information content (AvgIpc) is 3.46. The minimum absolute atomic E-state index is 0.00611. The van der Waals surface area contributed by atoms with E-state index < -0.39 is 29.2 Å². The zero-order valence-corrected chi connectivity index (χ0v) is 24.1. The average molecular weight is 602 g/mol. The number of alkyl halides is 3. The lowest BCUT2D eigenvalue weighted by Gasteiger charge is -2.35. The summed E-state index contributed by atoms with van der Waals surface area (Å²) in [5.74, 6) is -0.991. The number of rotatable bonds is 9. The number of carbonyl (C=O) groups is 2. The maximum atomic E-state index is 13.9. The first-order valence-electron chi connectivity index (χ1n) is 14.7. The molecule has 2 fully saturated rings. The zero-order chi connectivity index (χ0) is 30.6. The molecule has 5 rings (SSSR count). The summed E-state index contributed by atoms with van der Waals surface area (Å²) in [5, 5.41) is 0. The molecule has 230 valence electrons. The molecule has 0 aliphatic carbocycles. The van der Waals surface area contributed by atoms with Crippen molar-refractivity contribution in [1.82, 2.24) is 14.9 Å². The van der Waals surface area contributed by atoms with Crippen molar-refractivity contribution in [2.24, 2.45) is 5.92 Å². The predicted octanol–water partition coefficient (Wildman–Crippen LogP) is 5.56. The molecule has 43 heavy (non-hydrogen) atoms. The van der Waals surface area contributed by atoms with Crippen LogP contribution in [0.1, 0.15) is 60.0 Å². The van der Waals surface area contributed by atoms with Crippen LogP contribution in [0.25, 0.3) is 0 Å². The Bertz CT molecular complexity index is 1410. The van der Waals surface area contributed by atoms with Gasteiger partial charge in [0.15, 0.2) is 5.69 Å². The Balaban J connectivity index is 1.18. The van der Waals surface area contributed by atoms with Crippen LogP contribution in [-0.2, 0) is 23.8 Å². The third-order valence-corrected chi connectivity index (χ3v) is 8.15. The Kier molecular flexibility index (Phi) is 9.31. The molecular weight excluding hydrogens is 566 g/mol. The third kappa shape index (κ3) is 7.34. The van der Waals surface area contributed by atoms with Gasteiger partial charge in [-0.05, 0) is 42.0 Å². The highest BCUT2D eigenvalue weighted by atomic mass is 19.4. The van der Waals surface area contributed by atoms with E-state index >= 15 is 0 Å². The van der Waals surface area contributed by atoms with Crippen LogP contribution in [0.4, 0.5) is 29.4 Å². The Hall–Kier alpha value is -3.96. The normalized spacial score (nSPS) is 16.5. The largest absolute Gasteiger partial charge is 0.437 e. The first-order chi connectivity index (χ1) is 20.6. The lowest BCUT2D eigenvalue weighted by Crippen LogP contribution is -2.49. The van der Waals surface area contributed by atoms with Crippen molar-refractivity contribution in [2.45, 2.75) is 51.6 Å². The van der Waals surface area contributed by atoms with Crippen LogP contribution in [0.15, 0.2) is 47.0 Å². The number of nitrogens with zero attached hydrogens (tertiary/aromatic N) is 5. The van der Waals surface area contributed by atoms with E-state index in [0.29, 0.717) is 62.1 Å². The van der Waals surface area contributed by atoms with Crippen LogP contribution in [0.5, 0.6) is 0 Å². The molecule has 1 amide bonds. The molecule has 0 atom stereocenters. The fourth-order valence-corrected chi connectivity index (χ4v) is 5.72. The molecule has 2 aromatic heterocycles. The van der Waals surface area contributed by atoms with Crippen molar-refractivity contribution in [3.8, 4) is 0 Å². The van der Waals surface area contributed by atoms with E-state index in [2.05, 4.69) is 16.9 Å². The fraction of sp³-hybridized carbons (Fsp3) is 0.484. The van der Waals surface area contributed by atoms with Crippen LogP contribution in [-0.4, -0.2) is 65.8 Å². The Morgan fingerprint density at radius 1 is 0.953 bits per heavy atom. The molecule has 12 heteroatoms. The van der Waals surface area contributed by atoms with E-state index in [-0.39, 0.29) is 24.8 Å². The number of hydrogen-bond donors (Lipinski definition) is 0. The van der Waals surface area contributed by atoms with Gasteiger partial charge < -0.3 is 19.1 Å². The van der Waals surface area contributed by atoms with E-state index in [4.69, 9.17) is 4.42 Å². The molecule has 0 N–H and O–H groups in total. The lowest BCUT2D eigenvalue weighted by atomic mass is 9.93. The summed E-state index contributed by atoms with van der Waals surface area (Å²) in [7, 11) is 0. The first kappa shape index (κ1) is 30.5. The van der Waals surface area contributed by atoms with Crippen molar-refractivity contribution in [1.29, 1.82) is 0 Å². The molecular formula is C31H35F4N5O3. The van der Waals surface area contributed by atoms with Gasteiger partial charge in [-0.25, -0.2) is 9.37 Å². The van der Waals surface area contributed by atoms with Gasteiger partial charge in [0.2, 0.25) is 17.5 Å². The van der Waals surface area contributed by atoms with Gasteiger partial charge in [0.1, 0.15) is 11.6 Å². The number of piperidine rings is 1. The molecule has 0 unspecified atom stereocenters. The molecule has 3 aromatic rings. The summed E-state index contributed by atoms with van der Waals surface area (Å²) in [6.45, 7) is 5.10. The van der Waals surface area contributed by atoms with Crippen molar-refractivity contribution >= 4 is 23.5 Å². The van der Waals surface area contributed by atoms with Crippen LogP contribution in [0, 0.1) is 11.7 Å². The number of oxazole rings is 1. The van der Waals surface area contributed by atoms with Gasteiger partial charge in [0.25, 0.3) is 6.01 Å². The lowest BCUT2D eigenvalue weighted by molar-refractivity contribution is -0.141. The quantitative estimate of drug-likeness (QED) is 0.235. The highest BCUT2D eigenvalue weighted by molar-refractivity contribution is 5.96. The molecule has 2 aliphatic rings. The highest BCUT2D eigenvalue weighted by Crippen LogP contribution is 2.36. The molecule has 4 heterocycles. The van der Waals surface area contributed by atoms with Gasteiger partial charge in [-0.1, -0.05) is 44.0 Å². The van der Waals surface area contributed by atoms with Gasteiger partial charge in [-0.3, -0.25) is 9.59 Å². The van der Waals surface area contributed by atoms with Gasteiger partial charge in [0, 0.05) is 51.9 Å². The monoisotopic (exact) mass is 601 g/mol. The molecule has 0 radical (unpaired) electrons. The fourth-order valence-electron chi connectivity index (χ4n) is 5.72. The van der Waals surface area contributed by atoms with Crippen LogP contribution < -0.4 is 9.80 Å². The Morgan fingerprint density at radius 2 is 1.67 bits per heavy atom. The number of pyridine rings is 1. The number of halogens is 4. The van der Waals surface area contributed by atoms with E-state index in [1.807, 2.05) is 4.90 Å². The maximum absolute atomic E-state index is 13.9. The summed E-state index contributed by atoms with van der Waals surface area (Å²) >= 11 is 0. The highest BCUT2D eigenvalue weighted by Gasteiger charge is 2.42. The topological polar surface area (TPSA) is 82.8 Å². The number of amides is 1. The Morgan fingerprint density at radius 3 is 2.30 bits per heavy atom. The number of benzene rings is 1. The van der Waals surface area contributed by atoms with E-state index in [0.717, 1.165) is 25.7 Å². The van der Waals surface area contributed by atoms with Gasteiger partial charge >= 0.3 is 6.18 Å². The SMILES string of the molecule is CCCC1CCN(c2nc(C(F)(F)F)c(C(=O)Cc3ccc(N4CCN(C(=O)Cc5ccccc5F)CC4)nc3)o2)CC1. The second-order valence-corrected chi connectivity index (χ2v) is 11.2. The number of piperazine rings is 1. The van der Waals surface area contributed by atoms with Crippen molar-refractivity contribution < 1.29 is 31.6 Å². The molecule has 0 spiro atoms. The summed E-state index contributed by atoms with van der Waals surface area (Å²) in [5.41, 5.74) is -0.494. The minimum atomic E-state index is -4.83. The minimum Gasteiger partial charge on any atom is -0.420 e. The number of hydrogen-bond acceptors (Lipinski definition) is 7.